The number of rotatable bonds is 3. The van der Waals surface area contributed by atoms with Crippen LogP contribution >= 0.6 is 0 Å². The van der Waals surface area contributed by atoms with E-state index in [9.17, 15) is 14.5 Å². The number of aryl methyl sites for hydroxylation is 1. The summed E-state index contributed by atoms with van der Waals surface area (Å²) in [5, 5.41) is 11.9. The van der Waals surface area contributed by atoms with Crippen molar-refractivity contribution in [3.8, 4) is 11.3 Å². The summed E-state index contributed by atoms with van der Waals surface area (Å²) in [6, 6.07) is 11.0. The van der Waals surface area contributed by atoms with Gasteiger partial charge in [-0.3, -0.25) is 10.1 Å². The molecule has 0 N–H and O–H groups in total. The summed E-state index contributed by atoms with van der Waals surface area (Å²) in [5.74, 6) is 0.242. The highest BCUT2D eigenvalue weighted by atomic mass is 19.1. The maximum absolute atomic E-state index is 12.9. The van der Waals surface area contributed by atoms with Gasteiger partial charge in [-0.15, -0.1) is 0 Å². The van der Waals surface area contributed by atoms with Crippen LogP contribution in [-0.4, -0.2) is 4.92 Å². The normalized spacial score (nSPS) is 11.0. The Bertz CT molecular complexity index is 821. The molecule has 0 atom stereocenters. The van der Waals surface area contributed by atoms with Crippen molar-refractivity contribution in [3.63, 3.8) is 0 Å². The van der Waals surface area contributed by atoms with Crippen molar-refractivity contribution < 1.29 is 13.7 Å². The fraction of sp³-hybridized carbons (Fsp3) is 0.125. The van der Waals surface area contributed by atoms with Gasteiger partial charge in [0.25, 0.3) is 5.69 Å². The van der Waals surface area contributed by atoms with Gasteiger partial charge in [0.1, 0.15) is 17.2 Å². The minimum absolute atomic E-state index is 0.0602. The largest absolute Gasteiger partial charge is 0.456 e. The van der Waals surface area contributed by atoms with E-state index in [1.165, 1.54) is 18.2 Å². The van der Waals surface area contributed by atoms with E-state index in [4.69, 9.17) is 4.42 Å². The molecule has 0 aliphatic carbocycles. The Morgan fingerprint density at radius 2 is 1.90 bits per heavy atom. The van der Waals surface area contributed by atoms with E-state index in [1.54, 1.807) is 18.2 Å². The van der Waals surface area contributed by atoms with Crippen LogP contribution in [-0.2, 0) is 6.42 Å². The molecule has 0 unspecified atom stereocenters. The quantitative estimate of drug-likeness (QED) is 0.517. The van der Waals surface area contributed by atoms with Crippen molar-refractivity contribution in [2.75, 3.05) is 0 Å². The predicted octanol–water partition coefficient (Wildman–Crippen LogP) is 4.71. The Hall–Kier alpha value is -2.69. The number of halogens is 1. The lowest BCUT2D eigenvalue weighted by molar-refractivity contribution is -0.385. The first-order chi connectivity index (χ1) is 10.1. The highest BCUT2D eigenvalue weighted by molar-refractivity contribution is 5.85. The second-order valence-electron chi connectivity index (χ2n) is 4.75. The molecule has 4 nitrogen and oxygen atoms in total. The van der Waals surface area contributed by atoms with Crippen molar-refractivity contribution in [2.45, 2.75) is 13.3 Å². The summed E-state index contributed by atoms with van der Waals surface area (Å²) in [4.78, 5) is 10.7. The van der Waals surface area contributed by atoms with Crippen LogP contribution in [0.3, 0.4) is 0 Å². The number of nitro groups is 1. The average Bonchev–Trinajstić information content (AvgIpc) is 2.89. The van der Waals surface area contributed by atoms with Crippen LogP contribution in [0.4, 0.5) is 10.1 Å². The van der Waals surface area contributed by atoms with Gasteiger partial charge in [0.05, 0.1) is 11.0 Å². The second-order valence-corrected chi connectivity index (χ2v) is 4.75. The molecule has 5 heteroatoms. The number of fused-ring (bicyclic) bond motifs is 1. The minimum atomic E-state index is -0.404. The number of nitro benzene ring substituents is 1. The third-order valence-electron chi connectivity index (χ3n) is 3.42. The molecule has 0 aliphatic rings. The van der Waals surface area contributed by atoms with Gasteiger partial charge in [-0.25, -0.2) is 4.39 Å². The summed E-state index contributed by atoms with van der Waals surface area (Å²) in [7, 11) is 0. The molecule has 106 valence electrons. The lowest BCUT2D eigenvalue weighted by atomic mass is 10.1. The number of furan rings is 1. The molecule has 3 aromatic rings. The number of hydrogen-bond donors (Lipinski definition) is 0. The number of benzene rings is 2. The Labute approximate surface area is 120 Å². The van der Waals surface area contributed by atoms with E-state index >= 15 is 0 Å². The van der Waals surface area contributed by atoms with Crippen LogP contribution in [0.1, 0.15) is 12.5 Å². The molecule has 0 aliphatic heterocycles. The zero-order chi connectivity index (χ0) is 15.0. The maximum Gasteiger partial charge on any atom is 0.276 e. The zero-order valence-corrected chi connectivity index (χ0v) is 11.3. The Morgan fingerprint density at radius 1 is 1.19 bits per heavy atom. The lowest BCUT2D eigenvalue weighted by Crippen LogP contribution is -1.93. The van der Waals surface area contributed by atoms with Gasteiger partial charge in [-0.2, -0.15) is 0 Å². The monoisotopic (exact) mass is 285 g/mol. The van der Waals surface area contributed by atoms with Crippen LogP contribution in [0.25, 0.3) is 22.3 Å². The van der Waals surface area contributed by atoms with Crippen molar-refractivity contribution in [3.05, 3.63) is 64.0 Å². The van der Waals surface area contributed by atoms with Crippen molar-refractivity contribution in [2.24, 2.45) is 0 Å². The van der Waals surface area contributed by atoms with E-state index in [0.29, 0.717) is 23.3 Å². The topological polar surface area (TPSA) is 56.3 Å². The van der Waals surface area contributed by atoms with Crippen molar-refractivity contribution in [1.82, 2.24) is 0 Å². The molecule has 21 heavy (non-hydrogen) atoms. The molecule has 0 radical (unpaired) electrons. The first kappa shape index (κ1) is 13.3. The van der Waals surface area contributed by atoms with Gasteiger partial charge in [0.2, 0.25) is 0 Å². The molecule has 3 rings (SSSR count). The molecule has 1 heterocycles. The Morgan fingerprint density at radius 3 is 2.52 bits per heavy atom. The predicted molar refractivity (Wildman–Crippen MR) is 77.6 cm³/mol. The van der Waals surface area contributed by atoms with Gasteiger partial charge in [0, 0.05) is 16.5 Å². The van der Waals surface area contributed by atoms with E-state index < -0.39 is 4.92 Å². The highest BCUT2D eigenvalue weighted by Crippen LogP contribution is 2.32. The Kier molecular flexibility index (Phi) is 3.17. The fourth-order valence-corrected chi connectivity index (χ4v) is 2.33. The van der Waals surface area contributed by atoms with Crippen molar-refractivity contribution >= 4 is 16.7 Å². The first-order valence-electron chi connectivity index (χ1n) is 6.55. The third kappa shape index (κ3) is 2.38. The molecule has 2 aromatic carbocycles. The summed E-state index contributed by atoms with van der Waals surface area (Å²) >= 11 is 0. The molecule has 0 bridgehead atoms. The van der Waals surface area contributed by atoms with Crippen LogP contribution in [0, 0.1) is 15.9 Å². The SMILES string of the molecule is CCc1cc2cc(-c3ccc(F)cc3)oc2cc1[N+](=O)[O-]. The van der Waals surface area contributed by atoms with Gasteiger partial charge in [-0.1, -0.05) is 6.92 Å². The van der Waals surface area contributed by atoms with Crippen LogP contribution < -0.4 is 0 Å². The summed E-state index contributed by atoms with van der Waals surface area (Å²) in [6.45, 7) is 1.87. The zero-order valence-electron chi connectivity index (χ0n) is 11.3. The van der Waals surface area contributed by atoms with Gasteiger partial charge in [-0.05, 0) is 42.8 Å². The lowest BCUT2D eigenvalue weighted by Gasteiger charge is -1.99. The smallest absolute Gasteiger partial charge is 0.276 e. The number of hydrogen-bond acceptors (Lipinski definition) is 3. The maximum atomic E-state index is 12.9. The minimum Gasteiger partial charge on any atom is -0.456 e. The van der Waals surface area contributed by atoms with E-state index in [-0.39, 0.29) is 11.5 Å². The van der Waals surface area contributed by atoms with Gasteiger partial charge < -0.3 is 4.42 Å². The van der Waals surface area contributed by atoms with E-state index in [0.717, 1.165) is 10.9 Å². The molecule has 0 spiro atoms. The summed E-state index contributed by atoms with van der Waals surface area (Å²) in [5.41, 5.74) is 1.91. The fourth-order valence-electron chi connectivity index (χ4n) is 2.33. The molecular weight excluding hydrogens is 273 g/mol. The van der Waals surface area contributed by atoms with Gasteiger partial charge >= 0.3 is 0 Å². The second kappa shape index (κ2) is 5.01. The molecule has 1 aromatic heterocycles. The average molecular weight is 285 g/mol. The summed E-state index contributed by atoms with van der Waals surface area (Å²) < 4.78 is 18.6. The first-order valence-corrected chi connectivity index (χ1v) is 6.55. The van der Waals surface area contributed by atoms with Crippen LogP contribution in [0.5, 0.6) is 0 Å². The number of nitrogens with zero attached hydrogens (tertiary/aromatic N) is 1. The molecule has 0 fully saturated rings. The molecular formula is C16H12FNO3. The molecule has 0 amide bonds. The van der Waals surface area contributed by atoms with Gasteiger partial charge in [0.15, 0.2) is 0 Å². The van der Waals surface area contributed by atoms with Crippen LogP contribution in [0.2, 0.25) is 0 Å². The summed E-state index contributed by atoms with van der Waals surface area (Å²) in [6.07, 6.45) is 0.573. The Balaban J connectivity index is 2.15. The molecule has 0 saturated carbocycles. The van der Waals surface area contributed by atoms with Crippen LogP contribution in [0.15, 0.2) is 46.9 Å². The van der Waals surface area contributed by atoms with E-state index in [1.807, 2.05) is 13.0 Å². The standard InChI is InChI=1S/C16H12FNO3/c1-2-10-7-12-8-15(11-3-5-13(17)6-4-11)21-16(12)9-14(10)18(19)20/h3-9H,2H2,1H3. The third-order valence-corrected chi connectivity index (χ3v) is 3.42. The van der Waals surface area contributed by atoms with Crippen molar-refractivity contribution in [1.29, 1.82) is 0 Å². The molecule has 0 saturated heterocycles. The highest BCUT2D eigenvalue weighted by Gasteiger charge is 2.16. The van der Waals surface area contributed by atoms with E-state index in [2.05, 4.69) is 0 Å².